The minimum atomic E-state index is -0.447. The van der Waals surface area contributed by atoms with E-state index in [4.69, 9.17) is 9.47 Å². The lowest BCUT2D eigenvalue weighted by molar-refractivity contribution is 0.0252. The molecule has 2 rings (SSSR count). The fourth-order valence-electron chi connectivity index (χ4n) is 2.70. The zero-order valence-corrected chi connectivity index (χ0v) is 13.3. The number of aliphatic hydroxyl groups excluding tert-OH is 1. The molecule has 0 bridgehead atoms. The van der Waals surface area contributed by atoms with Gasteiger partial charge in [0.1, 0.15) is 5.75 Å². The smallest absolute Gasteiger partial charge is 0.142 e. The highest BCUT2D eigenvalue weighted by Gasteiger charge is 2.21. The van der Waals surface area contributed by atoms with Crippen LogP contribution >= 0.6 is 0 Å². The first-order chi connectivity index (χ1) is 10.7. The van der Waals surface area contributed by atoms with Crippen molar-refractivity contribution in [2.75, 3.05) is 57.9 Å². The molecule has 1 aromatic carbocycles. The van der Waals surface area contributed by atoms with Crippen LogP contribution in [0.1, 0.15) is 0 Å². The van der Waals surface area contributed by atoms with Crippen LogP contribution in [0.25, 0.3) is 0 Å². The van der Waals surface area contributed by atoms with Gasteiger partial charge in [0.15, 0.2) is 0 Å². The Hall–Kier alpha value is -1.56. The van der Waals surface area contributed by atoms with Crippen LogP contribution in [0.4, 0.5) is 5.69 Å². The Labute approximate surface area is 132 Å². The Morgan fingerprint density at radius 2 is 2.00 bits per heavy atom. The summed E-state index contributed by atoms with van der Waals surface area (Å²) in [5, 5.41) is 9.96. The van der Waals surface area contributed by atoms with Crippen LogP contribution in [0.15, 0.2) is 36.9 Å². The number of aliphatic hydroxyl groups is 1. The highest BCUT2D eigenvalue weighted by Crippen LogP contribution is 2.28. The van der Waals surface area contributed by atoms with Crippen LogP contribution in [0.5, 0.6) is 5.75 Å². The maximum Gasteiger partial charge on any atom is 0.142 e. The van der Waals surface area contributed by atoms with Crippen molar-refractivity contribution in [1.82, 2.24) is 4.90 Å². The first-order valence-corrected chi connectivity index (χ1v) is 7.71. The molecule has 0 saturated carbocycles. The maximum atomic E-state index is 9.96. The molecule has 122 valence electrons. The average molecular weight is 306 g/mol. The summed E-state index contributed by atoms with van der Waals surface area (Å²) in [6, 6.07) is 8.10. The number of ether oxygens (including phenoxy) is 2. The fraction of sp³-hybridized carbons (Fsp3) is 0.529. The van der Waals surface area contributed by atoms with Crippen LogP contribution < -0.4 is 9.64 Å². The van der Waals surface area contributed by atoms with Crippen LogP contribution in [0.3, 0.4) is 0 Å². The quantitative estimate of drug-likeness (QED) is 0.581. The molecular formula is C17H26N2O3. The second-order valence-corrected chi connectivity index (χ2v) is 5.44. The molecule has 5 heteroatoms. The van der Waals surface area contributed by atoms with Crippen molar-refractivity contribution in [3.8, 4) is 5.75 Å². The molecule has 5 nitrogen and oxygen atoms in total. The Balaban J connectivity index is 1.79. The highest BCUT2D eigenvalue weighted by molar-refractivity contribution is 5.58. The number of nitrogens with zero attached hydrogens (tertiary/aromatic N) is 2. The summed E-state index contributed by atoms with van der Waals surface area (Å²) in [7, 11) is 1.70. The predicted octanol–water partition coefficient (Wildman–Crippen LogP) is 1.38. The molecule has 1 aliphatic heterocycles. The first kappa shape index (κ1) is 16.8. The van der Waals surface area contributed by atoms with E-state index in [9.17, 15) is 5.11 Å². The van der Waals surface area contributed by atoms with E-state index in [1.165, 1.54) is 0 Å². The highest BCUT2D eigenvalue weighted by atomic mass is 16.5. The van der Waals surface area contributed by atoms with Gasteiger partial charge in [-0.1, -0.05) is 18.2 Å². The summed E-state index contributed by atoms with van der Waals surface area (Å²) in [6.45, 7) is 8.80. The zero-order valence-electron chi connectivity index (χ0n) is 13.3. The molecule has 1 N–H and O–H groups in total. The van der Waals surface area contributed by atoms with Gasteiger partial charge in [0.05, 0.1) is 32.1 Å². The lowest BCUT2D eigenvalue weighted by atomic mass is 10.2. The molecule has 22 heavy (non-hydrogen) atoms. The van der Waals surface area contributed by atoms with E-state index in [0.29, 0.717) is 19.8 Å². The fourth-order valence-corrected chi connectivity index (χ4v) is 2.70. The number of benzene rings is 1. The van der Waals surface area contributed by atoms with Crippen molar-refractivity contribution >= 4 is 5.69 Å². The second-order valence-electron chi connectivity index (χ2n) is 5.44. The molecule has 0 aromatic heterocycles. The summed E-state index contributed by atoms with van der Waals surface area (Å²) in [4.78, 5) is 4.60. The van der Waals surface area contributed by atoms with E-state index < -0.39 is 6.10 Å². The molecule has 0 spiro atoms. The van der Waals surface area contributed by atoms with Gasteiger partial charge in [-0.25, -0.2) is 0 Å². The minimum Gasteiger partial charge on any atom is -0.495 e. The van der Waals surface area contributed by atoms with Gasteiger partial charge in [0, 0.05) is 32.7 Å². The van der Waals surface area contributed by atoms with Crippen molar-refractivity contribution in [3.63, 3.8) is 0 Å². The number of para-hydroxylation sites is 2. The van der Waals surface area contributed by atoms with Gasteiger partial charge in [-0.15, -0.1) is 6.58 Å². The van der Waals surface area contributed by atoms with Crippen LogP contribution in [0.2, 0.25) is 0 Å². The van der Waals surface area contributed by atoms with Gasteiger partial charge in [-0.3, -0.25) is 4.90 Å². The minimum absolute atomic E-state index is 0.360. The summed E-state index contributed by atoms with van der Waals surface area (Å²) in [6.07, 6.45) is 1.25. The number of anilines is 1. The largest absolute Gasteiger partial charge is 0.495 e. The Morgan fingerprint density at radius 3 is 2.68 bits per heavy atom. The monoisotopic (exact) mass is 306 g/mol. The topological polar surface area (TPSA) is 45.2 Å². The molecule has 1 aliphatic rings. The standard InChI is InChI=1S/C17H26N2O3/c1-3-12-22-14-15(20)13-18-8-10-19(11-9-18)16-6-4-5-7-17(16)21-2/h3-7,15,20H,1,8-14H2,2H3/t15-/m0/s1. The van der Waals surface area contributed by atoms with E-state index in [-0.39, 0.29) is 0 Å². The number of hydrogen-bond acceptors (Lipinski definition) is 5. The van der Waals surface area contributed by atoms with Gasteiger partial charge in [-0.05, 0) is 12.1 Å². The lowest BCUT2D eigenvalue weighted by Crippen LogP contribution is -2.49. The third-order valence-electron chi connectivity index (χ3n) is 3.81. The van der Waals surface area contributed by atoms with Gasteiger partial charge in [-0.2, -0.15) is 0 Å². The molecule has 1 heterocycles. The Morgan fingerprint density at radius 1 is 1.27 bits per heavy atom. The summed E-state index contributed by atoms with van der Waals surface area (Å²) < 4.78 is 10.7. The Bertz CT molecular complexity index is 459. The molecule has 1 fully saturated rings. The third-order valence-corrected chi connectivity index (χ3v) is 3.81. The van der Waals surface area contributed by atoms with Gasteiger partial charge in [0.2, 0.25) is 0 Å². The van der Waals surface area contributed by atoms with Crippen LogP contribution in [-0.4, -0.2) is 69.2 Å². The van der Waals surface area contributed by atoms with Crippen molar-refractivity contribution < 1.29 is 14.6 Å². The van der Waals surface area contributed by atoms with Crippen molar-refractivity contribution in [2.24, 2.45) is 0 Å². The maximum absolute atomic E-state index is 9.96. The van der Waals surface area contributed by atoms with Crippen molar-refractivity contribution in [1.29, 1.82) is 0 Å². The molecule has 1 saturated heterocycles. The van der Waals surface area contributed by atoms with E-state index in [0.717, 1.165) is 37.6 Å². The number of piperazine rings is 1. The molecule has 1 aromatic rings. The lowest BCUT2D eigenvalue weighted by Gasteiger charge is -2.37. The molecule has 0 unspecified atom stereocenters. The molecule has 0 amide bonds. The average Bonchev–Trinajstić information content (AvgIpc) is 2.56. The number of methoxy groups -OCH3 is 1. The molecular weight excluding hydrogens is 280 g/mol. The third kappa shape index (κ3) is 4.73. The van der Waals surface area contributed by atoms with E-state index >= 15 is 0 Å². The predicted molar refractivity (Wildman–Crippen MR) is 88.7 cm³/mol. The molecule has 0 aliphatic carbocycles. The number of rotatable bonds is 8. The van der Waals surface area contributed by atoms with Gasteiger partial charge < -0.3 is 19.5 Å². The van der Waals surface area contributed by atoms with Gasteiger partial charge >= 0.3 is 0 Å². The van der Waals surface area contributed by atoms with Crippen molar-refractivity contribution in [3.05, 3.63) is 36.9 Å². The number of β-amino-alcohol motifs (C(OH)–C–C–N with tert-alkyl or cyclic N) is 1. The molecule has 0 radical (unpaired) electrons. The number of hydrogen-bond donors (Lipinski definition) is 1. The molecule has 1 atom stereocenters. The van der Waals surface area contributed by atoms with Gasteiger partial charge in [0.25, 0.3) is 0 Å². The van der Waals surface area contributed by atoms with E-state index in [1.54, 1.807) is 13.2 Å². The van der Waals surface area contributed by atoms with Crippen molar-refractivity contribution in [2.45, 2.75) is 6.10 Å². The van der Waals surface area contributed by atoms with Crippen LogP contribution in [0, 0.1) is 0 Å². The summed E-state index contributed by atoms with van der Waals surface area (Å²) >= 11 is 0. The zero-order chi connectivity index (χ0) is 15.8. The first-order valence-electron chi connectivity index (χ1n) is 7.71. The second kappa shape index (κ2) is 8.78. The van der Waals surface area contributed by atoms with Crippen LogP contribution in [-0.2, 0) is 4.74 Å². The van der Waals surface area contributed by atoms with E-state index in [1.807, 2.05) is 18.2 Å². The SMILES string of the molecule is C=CCOC[C@@H](O)CN1CCN(c2ccccc2OC)CC1. The summed E-state index contributed by atoms with van der Waals surface area (Å²) in [5.41, 5.74) is 1.14. The van der Waals surface area contributed by atoms with E-state index in [2.05, 4.69) is 22.4 Å². The normalized spacial score (nSPS) is 17.3. The Kier molecular flexibility index (Phi) is 6.71. The summed E-state index contributed by atoms with van der Waals surface area (Å²) in [5.74, 6) is 0.911.